The van der Waals surface area contributed by atoms with Gasteiger partial charge in [0.1, 0.15) is 13.2 Å². The highest BCUT2D eigenvalue weighted by molar-refractivity contribution is 5.70. The molecule has 0 aromatic rings. The van der Waals surface area contributed by atoms with E-state index in [1.165, 1.54) is 122 Å². The molecule has 0 fully saturated rings. The molecule has 0 bridgehead atoms. The number of nitrogens with zero attached hydrogens (tertiary/aromatic N) is 1. The van der Waals surface area contributed by atoms with Crippen LogP contribution < -0.4 is 5.11 Å². The molecule has 0 aromatic carbocycles. The van der Waals surface area contributed by atoms with Crippen molar-refractivity contribution in [2.24, 2.45) is 0 Å². The van der Waals surface area contributed by atoms with Gasteiger partial charge in [-0.3, -0.25) is 9.59 Å². The summed E-state index contributed by atoms with van der Waals surface area (Å²) in [6.45, 7) is 4.63. The Morgan fingerprint density at radius 1 is 0.500 bits per heavy atom. The molecule has 0 amide bonds. The number of allylic oxidation sites excluding steroid dienone is 6. The molecule has 0 heterocycles. The van der Waals surface area contributed by atoms with Gasteiger partial charge in [0.05, 0.1) is 40.3 Å². The SMILES string of the molecule is CC/C=C\C/C=C\C/C=C\CCCCCCCC(=O)OC(COC(=O)CCCCCCCCCCCCCCCCCCCCCCCC)COC(OCC[N+](C)(C)C)C(=O)[O-]. The summed E-state index contributed by atoms with van der Waals surface area (Å²) in [7, 11) is 5.91. The highest BCUT2D eigenvalue weighted by Crippen LogP contribution is 2.16. The van der Waals surface area contributed by atoms with Gasteiger partial charge in [0.2, 0.25) is 0 Å². The van der Waals surface area contributed by atoms with Crippen molar-refractivity contribution in [1.82, 2.24) is 0 Å². The summed E-state index contributed by atoms with van der Waals surface area (Å²) in [5.41, 5.74) is 0. The summed E-state index contributed by atoms with van der Waals surface area (Å²) in [4.78, 5) is 37.1. The van der Waals surface area contributed by atoms with E-state index in [-0.39, 0.29) is 32.2 Å². The Bertz CT molecular complexity index is 1110. The molecule has 2 unspecified atom stereocenters. The molecule has 0 saturated carbocycles. The summed E-state index contributed by atoms with van der Waals surface area (Å²) in [5.74, 6) is -2.30. The van der Waals surface area contributed by atoms with Crippen LogP contribution in [-0.2, 0) is 33.3 Å². The molecule has 9 nitrogen and oxygen atoms in total. The van der Waals surface area contributed by atoms with Crippen LogP contribution in [0.1, 0.15) is 226 Å². The van der Waals surface area contributed by atoms with Crippen molar-refractivity contribution in [3.05, 3.63) is 36.5 Å². The second kappa shape index (κ2) is 45.1. The van der Waals surface area contributed by atoms with Gasteiger partial charge in [-0.2, -0.15) is 0 Å². The average molecular weight is 876 g/mol. The van der Waals surface area contributed by atoms with Crippen LogP contribution in [0.4, 0.5) is 0 Å². The maximum atomic E-state index is 12.8. The Balaban J connectivity index is 4.28. The van der Waals surface area contributed by atoms with Crippen molar-refractivity contribution < 1.29 is 42.9 Å². The minimum Gasteiger partial charge on any atom is -0.545 e. The van der Waals surface area contributed by atoms with Crippen LogP contribution in [0.5, 0.6) is 0 Å². The number of esters is 2. The van der Waals surface area contributed by atoms with E-state index in [1.807, 2.05) is 21.1 Å². The molecule has 0 radical (unpaired) electrons. The Hall–Kier alpha value is -2.49. The third kappa shape index (κ3) is 45.5. The number of carbonyl (C=O) groups excluding carboxylic acids is 3. The topological polar surface area (TPSA) is 111 Å². The summed E-state index contributed by atoms with van der Waals surface area (Å²) in [6, 6.07) is 0. The Morgan fingerprint density at radius 2 is 0.919 bits per heavy atom. The zero-order chi connectivity index (χ0) is 45.6. The van der Waals surface area contributed by atoms with Gasteiger partial charge in [-0.1, -0.05) is 204 Å². The highest BCUT2D eigenvalue weighted by atomic mass is 16.7. The standard InChI is InChI=1S/C53H97NO8/c1-6-8-10-12-14-16-18-20-22-23-24-25-26-27-28-30-31-33-35-37-39-41-43-50(55)60-47-49(48-61-53(52(57)58)59-46-45-54(3,4)5)62-51(56)44-42-40-38-36-34-32-29-21-19-17-15-13-11-9-7-2/h9,11,15,17,21,29,49,53H,6-8,10,12-14,16,18-20,22-28,30-48H2,1-5H3/b11-9-,17-15-,29-21-. The number of aliphatic carboxylic acids is 1. The third-order valence-electron chi connectivity index (χ3n) is 11.2. The highest BCUT2D eigenvalue weighted by Gasteiger charge is 2.22. The van der Waals surface area contributed by atoms with Gasteiger partial charge in [-0.15, -0.1) is 0 Å². The number of carbonyl (C=O) groups is 3. The molecule has 62 heavy (non-hydrogen) atoms. The first kappa shape index (κ1) is 59.5. The Morgan fingerprint density at radius 3 is 1.37 bits per heavy atom. The summed E-state index contributed by atoms with van der Waals surface area (Å²) < 4.78 is 22.6. The minimum absolute atomic E-state index is 0.145. The molecular weight excluding hydrogens is 779 g/mol. The molecule has 0 aliphatic heterocycles. The maximum Gasteiger partial charge on any atom is 0.306 e. The van der Waals surface area contributed by atoms with Crippen molar-refractivity contribution in [3.8, 4) is 0 Å². The second-order valence-electron chi connectivity index (χ2n) is 18.4. The summed E-state index contributed by atoms with van der Waals surface area (Å²) in [6.07, 6.45) is 49.0. The van der Waals surface area contributed by atoms with E-state index in [2.05, 4.69) is 50.3 Å². The quantitative estimate of drug-likeness (QED) is 0.0195. The van der Waals surface area contributed by atoms with Gasteiger partial charge in [-0.25, -0.2) is 0 Å². The molecule has 0 aliphatic rings. The van der Waals surface area contributed by atoms with Gasteiger partial charge >= 0.3 is 11.9 Å². The molecule has 362 valence electrons. The van der Waals surface area contributed by atoms with E-state index in [1.54, 1.807) is 0 Å². The third-order valence-corrected chi connectivity index (χ3v) is 11.2. The molecule has 0 N–H and O–H groups in total. The van der Waals surface area contributed by atoms with Crippen LogP contribution in [0.3, 0.4) is 0 Å². The van der Waals surface area contributed by atoms with E-state index in [0.29, 0.717) is 23.9 Å². The second-order valence-corrected chi connectivity index (χ2v) is 18.4. The summed E-state index contributed by atoms with van der Waals surface area (Å²) in [5, 5.41) is 11.7. The number of quaternary nitrogens is 1. The number of carboxylic acid groups (broad SMARTS) is 1. The van der Waals surface area contributed by atoms with E-state index < -0.39 is 24.3 Å². The number of ether oxygens (including phenoxy) is 4. The van der Waals surface area contributed by atoms with E-state index in [4.69, 9.17) is 18.9 Å². The largest absolute Gasteiger partial charge is 0.545 e. The monoisotopic (exact) mass is 876 g/mol. The number of hydrogen-bond acceptors (Lipinski definition) is 8. The lowest BCUT2D eigenvalue weighted by atomic mass is 10.0. The number of unbranched alkanes of at least 4 members (excludes halogenated alkanes) is 26. The van der Waals surface area contributed by atoms with Crippen LogP contribution in [-0.4, -0.2) is 82.3 Å². The predicted molar refractivity (Wildman–Crippen MR) is 256 cm³/mol. The number of rotatable bonds is 47. The van der Waals surface area contributed by atoms with Gasteiger partial charge in [0.25, 0.3) is 0 Å². The lowest BCUT2D eigenvalue weighted by Crippen LogP contribution is -2.44. The number of likely N-dealkylation sites (N-methyl/N-ethyl adjacent to an activating group) is 1. The first-order valence-electron chi connectivity index (χ1n) is 25.6. The fourth-order valence-electron chi connectivity index (χ4n) is 7.20. The average Bonchev–Trinajstić information content (AvgIpc) is 3.23. The normalized spacial score (nSPS) is 13.1. The van der Waals surface area contributed by atoms with E-state index in [0.717, 1.165) is 70.6 Å². The van der Waals surface area contributed by atoms with Crippen LogP contribution in [0.2, 0.25) is 0 Å². The van der Waals surface area contributed by atoms with Crippen molar-refractivity contribution in [1.29, 1.82) is 0 Å². The fourth-order valence-corrected chi connectivity index (χ4v) is 7.20. The van der Waals surface area contributed by atoms with Gasteiger partial charge in [0.15, 0.2) is 12.4 Å². The van der Waals surface area contributed by atoms with E-state index in [9.17, 15) is 19.5 Å². The van der Waals surface area contributed by atoms with Crippen LogP contribution in [0, 0.1) is 0 Å². The molecule has 0 aliphatic carbocycles. The maximum absolute atomic E-state index is 12.8. The van der Waals surface area contributed by atoms with Gasteiger partial charge < -0.3 is 33.3 Å². The lowest BCUT2D eigenvalue weighted by molar-refractivity contribution is -0.870. The Labute approximate surface area is 381 Å². The smallest absolute Gasteiger partial charge is 0.306 e. The van der Waals surface area contributed by atoms with Crippen LogP contribution in [0.25, 0.3) is 0 Å². The fraction of sp³-hybridized carbons (Fsp3) is 0.830. The first-order chi connectivity index (χ1) is 30.1. The van der Waals surface area contributed by atoms with Crippen molar-refractivity contribution >= 4 is 17.9 Å². The van der Waals surface area contributed by atoms with Crippen molar-refractivity contribution in [3.63, 3.8) is 0 Å². The molecule has 0 spiro atoms. The zero-order valence-electron chi connectivity index (χ0n) is 41.0. The first-order valence-corrected chi connectivity index (χ1v) is 25.6. The molecule has 2 atom stereocenters. The van der Waals surface area contributed by atoms with Crippen molar-refractivity contribution in [2.45, 2.75) is 238 Å². The molecular formula is C53H97NO8. The predicted octanol–water partition coefficient (Wildman–Crippen LogP) is 12.8. The zero-order valence-corrected chi connectivity index (χ0v) is 41.0. The number of hydrogen-bond donors (Lipinski definition) is 0. The van der Waals surface area contributed by atoms with Gasteiger partial charge in [0, 0.05) is 12.8 Å². The molecule has 0 saturated heterocycles. The molecule has 0 rings (SSSR count). The lowest BCUT2D eigenvalue weighted by Gasteiger charge is -2.26. The minimum atomic E-state index is -1.62. The van der Waals surface area contributed by atoms with Crippen molar-refractivity contribution in [2.75, 3.05) is 47.5 Å². The Kier molecular flexibility index (Phi) is 43.3. The molecule has 0 aromatic heterocycles. The summed E-state index contributed by atoms with van der Waals surface area (Å²) >= 11 is 0. The molecule has 9 heteroatoms. The van der Waals surface area contributed by atoms with Crippen LogP contribution in [0.15, 0.2) is 36.5 Å². The van der Waals surface area contributed by atoms with E-state index >= 15 is 0 Å². The number of carboxylic acids is 1. The van der Waals surface area contributed by atoms with Crippen LogP contribution >= 0.6 is 0 Å². The van der Waals surface area contributed by atoms with Gasteiger partial charge in [-0.05, 0) is 44.9 Å².